The molecule has 3 amide bonds. The van der Waals surface area contributed by atoms with Crippen LogP contribution in [0.2, 0.25) is 0 Å². The number of benzene rings is 2. The van der Waals surface area contributed by atoms with Gasteiger partial charge in [-0.15, -0.1) is 0 Å². The molecule has 328 valence electrons. The third-order valence-electron chi connectivity index (χ3n) is 8.22. The van der Waals surface area contributed by atoms with Crippen molar-refractivity contribution in [1.82, 2.24) is 16.0 Å². The number of aliphatic hydroxyl groups is 2. The summed E-state index contributed by atoms with van der Waals surface area (Å²) in [7, 11) is 2.87. The Labute approximate surface area is 338 Å². The lowest BCUT2D eigenvalue weighted by Gasteiger charge is -2.29. The fraction of sp³-hybridized carbons (Fsp3) is 0.634. The highest BCUT2D eigenvalue weighted by Crippen LogP contribution is 2.16. The Bertz CT molecular complexity index is 1420. The van der Waals surface area contributed by atoms with Crippen LogP contribution in [-0.4, -0.2) is 110 Å². The van der Waals surface area contributed by atoms with E-state index in [4.69, 9.17) is 29.4 Å². The molecular formula is C41H70F2N4O10. The van der Waals surface area contributed by atoms with Crippen LogP contribution in [0.25, 0.3) is 0 Å². The van der Waals surface area contributed by atoms with Crippen LogP contribution in [0.3, 0.4) is 0 Å². The number of nitrogens with one attached hydrogen (secondary N) is 3. The lowest BCUT2D eigenvalue weighted by Crippen LogP contribution is -2.53. The first-order chi connectivity index (χ1) is 25.6. The summed E-state index contributed by atoms with van der Waals surface area (Å²) < 4.78 is 52.3. The molecule has 0 aromatic heterocycles. The van der Waals surface area contributed by atoms with Gasteiger partial charge in [0.25, 0.3) is 11.8 Å². The Balaban J connectivity index is 0. The van der Waals surface area contributed by atoms with Crippen molar-refractivity contribution in [2.45, 2.75) is 130 Å². The molecule has 4 atom stereocenters. The smallest absolute Gasteiger partial charge is 0.407 e. The van der Waals surface area contributed by atoms with Gasteiger partial charge >= 0.3 is 6.09 Å². The second-order valence-electron chi connectivity index (χ2n) is 14.8. The van der Waals surface area contributed by atoms with Crippen LogP contribution < -0.4 is 31.2 Å². The van der Waals surface area contributed by atoms with Gasteiger partial charge in [0, 0.05) is 20.8 Å². The third kappa shape index (κ3) is 22.4. The van der Waals surface area contributed by atoms with Crippen molar-refractivity contribution in [2.75, 3.05) is 40.5 Å². The SMILES string of the molecule is C.C.COC(C)(C)C(=O)N[C@@H](CCCN)C(O)COc1ccc(F)cc1.COC(C)(C)C(=O)N[C@@H](CCCNC(=O)OC(C)(C)C)C(O)COc1ccc(F)cc1. The highest BCUT2D eigenvalue weighted by atomic mass is 19.1. The molecule has 0 aliphatic carbocycles. The number of amides is 3. The normalized spacial score (nSPS) is 13.4. The standard InChI is InChI=1S/C22H35FN2O6.C17H27FN2O4.2CH4/c1-21(2,3)31-20(28)24-13-7-8-17(25-19(27)22(4,5)29-6)18(26)14-30-16-11-9-15(23)10-12-16;1-17(2,23-3)16(22)20-14(5-4-10-19)15(21)11-24-13-8-6-12(18)7-9-13;;/h9-12,17-18,26H,7-8,13-14H2,1-6H3,(H,24,28)(H,25,27);6-9,14-15,21H,4-5,10-11,19H2,1-3H3,(H,20,22);2*1H4/t17-,18?;14-,15?;;/m00../s1. The molecule has 16 heteroatoms. The van der Waals surface area contributed by atoms with E-state index in [0.717, 1.165) is 0 Å². The molecule has 7 N–H and O–H groups in total. The average molecular weight is 817 g/mol. The molecule has 2 aromatic carbocycles. The minimum absolute atomic E-state index is 0. The molecule has 0 saturated heterocycles. The Kier molecular flexibility index (Phi) is 25.8. The Hall–Kier alpha value is -4.09. The minimum Gasteiger partial charge on any atom is -0.491 e. The zero-order chi connectivity index (χ0) is 41.8. The van der Waals surface area contributed by atoms with Crippen LogP contribution in [0.1, 0.15) is 89.0 Å². The number of carbonyl (C=O) groups excluding carboxylic acids is 3. The number of alkyl carbamates (subject to hydrolysis) is 1. The summed E-state index contributed by atoms with van der Waals surface area (Å²) in [6, 6.07) is 9.75. The van der Waals surface area contributed by atoms with Crippen molar-refractivity contribution in [1.29, 1.82) is 0 Å². The lowest BCUT2D eigenvalue weighted by molar-refractivity contribution is -0.141. The number of hydrogen-bond acceptors (Lipinski definition) is 11. The molecule has 0 spiro atoms. The molecule has 0 aliphatic rings. The number of ether oxygens (including phenoxy) is 5. The van der Waals surface area contributed by atoms with E-state index < -0.39 is 53.0 Å². The summed E-state index contributed by atoms with van der Waals surface area (Å²) in [5.41, 5.74) is 2.84. The van der Waals surface area contributed by atoms with Gasteiger partial charge in [-0.05, 0) is 129 Å². The Morgan fingerprint density at radius 3 is 1.39 bits per heavy atom. The third-order valence-corrected chi connectivity index (χ3v) is 8.22. The number of methoxy groups -OCH3 is 2. The van der Waals surface area contributed by atoms with Crippen molar-refractivity contribution in [3.05, 3.63) is 60.2 Å². The van der Waals surface area contributed by atoms with E-state index in [1.165, 1.54) is 62.8 Å². The predicted octanol–water partition coefficient (Wildman–Crippen LogP) is 5.27. The van der Waals surface area contributed by atoms with Crippen LogP contribution in [0.5, 0.6) is 11.5 Å². The van der Waals surface area contributed by atoms with E-state index in [-0.39, 0.29) is 45.7 Å². The fourth-order valence-corrected chi connectivity index (χ4v) is 4.41. The van der Waals surface area contributed by atoms with Crippen LogP contribution in [0.15, 0.2) is 48.5 Å². The molecule has 0 aliphatic heterocycles. The molecule has 14 nitrogen and oxygen atoms in total. The molecular weight excluding hydrogens is 746 g/mol. The monoisotopic (exact) mass is 817 g/mol. The quantitative estimate of drug-likeness (QED) is 0.0898. The predicted molar refractivity (Wildman–Crippen MR) is 217 cm³/mol. The zero-order valence-corrected chi connectivity index (χ0v) is 33.6. The largest absolute Gasteiger partial charge is 0.491 e. The maximum absolute atomic E-state index is 13.0. The lowest BCUT2D eigenvalue weighted by atomic mass is 10.0. The van der Waals surface area contributed by atoms with E-state index >= 15 is 0 Å². The van der Waals surface area contributed by atoms with E-state index in [2.05, 4.69) is 16.0 Å². The number of halogens is 2. The van der Waals surface area contributed by atoms with Crippen LogP contribution in [-0.2, 0) is 23.8 Å². The van der Waals surface area contributed by atoms with Crippen molar-refractivity contribution in [3.8, 4) is 11.5 Å². The summed E-state index contributed by atoms with van der Waals surface area (Å²) in [5, 5.41) is 29.2. The van der Waals surface area contributed by atoms with Gasteiger partial charge in [-0.25, -0.2) is 13.6 Å². The Morgan fingerprint density at radius 1 is 0.684 bits per heavy atom. The number of nitrogens with two attached hydrogens (primary N) is 1. The van der Waals surface area contributed by atoms with Crippen molar-refractivity contribution >= 4 is 17.9 Å². The van der Waals surface area contributed by atoms with Gasteiger partial charge < -0.3 is 55.6 Å². The molecule has 57 heavy (non-hydrogen) atoms. The first kappa shape index (κ1) is 55.0. The molecule has 0 heterocycles. The zero-order valence-electron chi connectivity index (χ0n) is 33.6. The maximum Gasteiger partial charge on any atom is 0.407 e. The van der Waals surface area contributed by atoms with Gasteiger partial charge in [-0.1, -0.05) is 14.9 Å². The maximum atomic E-state index is 13.0. The van der Waals surface area contributed by atoms with Crippen LogP contribution in [0, 0.1) is 11.6 Å². The van der Waals surface area contributed by atoms with E-state index in [0.29, 0.717) is 50.3 Å². The van der Waals surface area contributed by atoms with Gasteiger partial charge in [0.15, 0.2) is 0 Å². The number of hydrogen-bond donors (Lipinski definition) is 6. The van der Waals surface area contributed by atoms with Crippen molar-refractivity contribution in [3.63, 3.8) is 0 Å². The number of carbonyl (C=O) groups is 3. The van der Waals surface area contributed by atoms with Crippen molar-refractivity contribution in [2.24, 2.45) is 5.73 Å². The summed E-state index contributed by atoms with van der Waals surface area (Å²) >= 11 is 0. The van der Waals surface area contributed by atoms with Gasteiger partial charge in [-0.2, -0.15) is 0 Å². The summed E-state index contributed by atoms with van der Waals surface area (Å²) in [5.74, 6) is -0.630. The first-order valence-corrected chi connectivity index (χ1v) is 18.2. The molecule has 2 aromatic rings. The molecule has 2 rings (SSSR count). The van der Waals surface area contributed by atoms with Crippen LogP contribution in [0.4, 0.5) is 13.6 Å². The first-order valence-electron chi connectivity index (χ1n) is 18.2. The van der Waals surface area contributed by atoms with Gasteiger partial charge in [-0.3, -0.25) is 9.59 Å². The summed E-state index contributed by atoms with van der Waals surface area (Å²) in [6.45, 7) is 12.4. The Morgan fingerprint density at radius 2 is 1.05 bits per heavy atom. The molecule has 0 radical (unpaired) electrons. The average Bonchev–Trinajstić information content (AvgIpc) is 3.13. The topological polar surface area (TPSA) is 200 Å². The fourth-order valence-electron chi connectivity index (χ4n) is 4.41. The summed E-state index contributed by atoms with van der Waals surface area (Å²) in [6.07, 6.45) is -0.502. The highest BCUT2D eigenvalue weighted by Gasteiger charge is 2.32. The number of aliphatic hydroxyl groups excluding tert-OH is 2. The van der Waals surface area contributed by atoms with E-state index in [1.807, 2.05) is 0 Å². The molecule has 0 bridgehead atoms. The molecule has 0 fully saturated rings. The van der Waals surface area contributed by atoms with Gasteiger partial charge in [0.05, 0.1) is 12.1 Å². The summed E-state index contributed by atoms with van der Waals surface area (Å²) in [4.78, 5) is 36.5. The van der Waals surface area contributed by atoms with E-state index in [1.54, 1.807) is 48.5 Å². The van der Waals surface area contributed by atoms with Crippen molar-refractivity contribution < 1.29 is 57.1 Å². The van der Waals surface area contributed by atoms with Gasteiger partial charge in [0.1, 0.15) is 65.4 Å². The highest BCUT2D eigenvalue weighted by molar-refractivity contribution is 5.85. The van der Waals surface area contributed by atoms with Crippen LogP contribution >= 0.6 is 0 Å². The molecule has 0 saturated carbocycles. The second kappa shape index (κ2) is 26.8. The van der Waals surface area contributed by atoms with Gasteiger partial charge in [0.2, 0.25) is 0 Å². The van der Waals surface area contributed by atoms with E-state index in [9.17, 15) is 33.4 Å². The second-order valence-corrected chi connectivity index (χ2v) is 14.8. The molecule has 2 unspecified atom stereocenters. The minimum atomic E-state index is -1.08. The number of rotatable bonds is 21.